The summed E-state index contributed by atoms with van der Waals surface area (Å²) in [5, 5.41) is 0. The summed E-state index contributed by atoms with van der Waals surface area (Å²) >= 11 is 0. The van der Waals surface area contributed by atoms with Crippen molar-refractivity contribution >= 4 is 5.78 Å². The van der Waals surface area contributed by atoms with Crippen molar-refractivity contribution in [1.29, 1.82) is 0 Å². The number of carbonyl (C=O) groups excluding carboxylic acids is 1. The van der Waals surface area contributed by atoms with E-state index < -0.39 is 5.60 Å². The third-order valence-electron chi connectivity index (χ3n) is 2.37. The lowest BCUT2D eigenvalue weighted by molar-refractivity contribution is -0.114. The first kappa shape index (κ1) is 12.6. The number of allylic oxidation sites excluding steroid dienone is 2. The van der Waals surface area contributed by atoms with Gasteiger partial charge in [-0.3, -0.25) is 4.79 Å². The van der Waals surface area contributed by atoms with Gasteiger partial charge >= 0.3 is 0 Å². The van der Waals surface area contributed by atoms with Gasteiger partial charge in [-0.2, -0.15) is 0 Å². The molecular weight excluding hydrogens is 204 g/mol. The van der Waals surface area contributed by atoms with Gasteiger partial charge in [0.25, 0.3) is 5.95 Å². The van der Waals surface area contributed by atoms with Crippen LogP contribution in [0.1, 0.15) is 33.1 Å². The Morgan fingerprint density at radius 1 is 1.50 bits per heavy atom. The minimum Gasteiger partial charge on any atom is -0.451 e. The molecular formula is C13H18O3. The number of carbonyl (C=O) groups is 1. The molecule has 0 aromatic carbocycles. The number of unbranched alkanes of at least 4 members (excludes halogenated alkanes) is 1. The monoisotopic (exact) mass is 222 g/mol. The molecule has 0 atom stereocenters. The molecule has 0 saturated carbocycles. The van der Waals surface area contributed by atoms with E-state index in [9.17, 15) is 4.79 Å². The third-order valence-corrected chi connectivity index (χ3v) is 2.37. The Morgan fingerprint density at radius 2 is 2.19 bits per heavy atom. The smallest absolute Gasteiger partial charge is 0.277 e. The molecule has 1 aliphatic rings. The predicted octanol–water partition coefficient (Wildman–Crippen LogP) is 3.09. The molecule has 1 fully saturated rings. The average molecular weight is 222 g/mol. The van der Waals surface area contributed by atoms with Crippen LogP contribution in [0.2, 0.25) is 0 Å². The molecule has 0 N–H and O–H groups in total. The van der Waals surface area contributed by atoms with E-state index in [0.717, 1.165) is 18.6 Å². The van der Waals surface area contributed by atoms with E-state index in [1.54, 1.807) is 0 Å². The van der Waals surface area contributed by atoms with Crippen LogP contribution in [0.3, 0.4) is 0 Å². The first-order valence-electron chi connectivity index (χ1n) is 5.37. The summed E-state index contributed by atoms with van der Waals surface area (Å²) in [6, 6.07) is 0. The number of ether oxygens (including phenoxy) is 2. The van der Waals surface area contributed by atoms with E-state index >= 15 is 0 Å². The molecule has 0 aromatic rings. The van der Waals surface area contributed by atoms with Gasteiger partial charge in [0.2, 0.25) is 0 Å². The molecule has 1 rings (SSSR count). The van der Waals surface area contributed by atoms with Crippen LogP contribution in [-0.2, 0) is 14.3 Å². The Morgan fingerprint density at radius 3 is 2.69 bits per heavy atom. The van der Waals surface area contributed by atoms with E-state index in [2.05, 4.69) is 13.2 Å². The zero-order valence-corrected chi connectivity index (χ0v) is 9.91. The number of hydrogen-bond acceptors (Lipinski definition) is 3. The van der Waals surface area contributed by atoms with Crippen LogP contribution in [0.5, 0.6) is 0 Å². The lowest BCUT2D eigenvalue weighted by Gasteiger charge is -2.14. The first-order valence-corrected chi connectivity index (χ1v) is 5.37. The molecule has 0 spiro atoms. The maximum atomic E-state index is 11.0. The van der Waals surface area contributed by atoms with E-state index in [-0.39, 0.29) is 5.78 Å². The quantitative estimate of drug-likeness (QED) is 0.529. The molecule has 3 heteroatoms. The molecule has 3 nitrogen and oxygen atoms in total. The SMILES string of the molecule is C=CC(=O)CCC/C=C1/OC(=C)OC1(C)C. The molecule has 1 aliphatic heterocycles. The fraction of sp³-hybridized carbons (Fsp3) is 0.462. The van der Waals surface area contributed by atoms with Crippen molar-refractivity contribution in [3.63, 3.8) is 0 Å². The number of hydrogen-bond donors (Lipinski definition) is 0. The predicted molar refractivity (Wildman–Crippen MR) is 62.5 cm³/mol. The summed E-state index contributed by atoms with van der Waals surface area (Å²) in [6.45, 7) is 10.9. The second-order valence-corrected chi connectivity index (χ2v) is 4.22. The summed E-state index contributed by atoms with van der Waals surface area (Å²) in [4.78, 5) is 11.0. The Hall–Kier alpha value is -1.51. The first-order chi connectivity index (χ1) is 7.45. The van der Waals surface area contributed by atoms with Crippen LogP contribution in [0.25, 0.3) is 0 Å². The van der Waals surface area contributed by atoms with Crippen molar-refractivity contribution in [3.05, 3.63) is 37.0 Å². The zero-order valence-electron chi connectivity index (χ0n) is 9.91. The Balaban J connectivity index is 2.43. The maximum Gasteiger partial charge on any atom is 0.277 e. The molecule has 0 radical (unpaired) electrons. The molecule has 0 aliphatic carbocycles. The molecule has 0 amide bonds. The lowest BCUT2D eigenvalue weighted by Crippen LogP contribution is -2.19. The fourth-order valence-corrected chi connectivity index (χ4v) is 1.50. The lowest BCUT2D eigenvalue weighted by atomic mass is 10.1. The van der Waals surface area contributed by atoms with Gasteiger partial charge in [-0.15, -0.1) is 0 Å². The average Bonchev–Trinajstić information content (AvgIpc) is 2.46. The van der Waals surface area contributed by atoms with Crippen molar-refractivity contribution in [2.45, 2.75) is 38.7 Å². The van der Waals surface area contributed by atoms with Crippen molar-refractivity contribution in [1.82, 2.24) is 0 Å². The standard InChI is InChI=1S/C13H18O3/c1-5-11(14)8-6-7-9-12-13(3,4)16-10(2)15-12/h5,9H,1-2,6-8H2,3-4H3/b12-9+. The van der Waals surface area contributed by atoms with Crippen molar-refractivity contribution in [2.24, 2.45) is 0 Å². The van der Waals surface area contributed by atoms with Gasteiger partial charge in [-0.1, -0.05) is 6.58 Å². The Kier molecular flexibility index (Phi) is 3.93. The highest BCUT2D eigenvalue weighted by Crippen LogP contribution is 2.34. The van der Waals surface area contributed by atoms with Gasteiger partial charge in [-0.05, 0) is 45.4 Å². The Labute approximate surface area is 96.4 Å². The highest BCUT2D eigenvalue weighted by atomic mass is 16.7. The zero-order chi connectivity index (χ0) is 12.2. The molecule has 16 heavy (non-hydrogen) atoms. The molecule has 0 aromatic heterocycles. The molecule has 1 saturated heterocycles. The van der Waals surface area contributed by atoms with E-state index in [1.165, 1.54) is 6.08 Å². The fourth-order valence-electron chi connectivity index (χ4n) is 1.50. The largest absolute Gasteiger partial charge is 0.451 e. The summed E-state index contributed by atoms with van der Waals surface area (Å²) in [5.41, 5.74) is -0.445. The van der Waals surface area contributed by atoms with Crippen LogP contribution in [0.15, 0.2) is 37.0 Å². The van der Waals surface area contributed by atoms with Gasteiger partial charge in [0.1, 0.15) is 5.76 Å². The number of ketones is 1. The van der Waals surface area contributed by atoms with Crippen LogP contribution >= 0.6 is 0 Å². The molecule has 0 unspecified atom stereocenters. The summed E-state index contributed by atoms with van der Waals surface area (Å²) in [6.07, 6.45) is 5.41. The van der Waals surface area contributed by atoms with E-state index in [1.807, 2.05) is 19.9 Å². The normalized spacial score (nSPS) is 20.4. The van der Waals surface area contributed by atoms with Crippen LogP contribution < -0.4 is 0 Å². The van der Waals surface area contributed by atoms with Gasteiger partial charge in [0.15, 0.2) is 11.4 Å². The molecule has 1 heterocycles. The van der Waals surface area contributed by atoms with Crippen LogP contribution in [-0.4, -0.2) is 11.4 Å². The highest BCUT2D eigenvalue weighted by molar-refractivity contribution is 5.88. The molecule has 88 valence electrons. The van der Waals surface area contributed by atoms with E-state index in [4.69, 9.17) is 9.47 Å². The Bertz CT molecular complexity index is 337. The second-order valence-electron chi connectivity index (χ2n) is 4.22. The summed E-state index contributed by atoms with van der Waals surface area (Å²) in [5.74, 6) is 1.17. The van der Waals surface area contributed by atoms with Gasteiger partial charge in [-0.25, -0.2) is 0 Å². The van der Waals surface area contributed by atoms with Gasteiger partial charge in [0.05, 0.1) is 0 Å². The van der Waals surface area contributed by atoms with Crippen LogP contribution in [0, 0.1) is 0 Å². The summed E-state index contributed by atoms with van der Waals surface area (Å²) < 4.78 is 10.7. The highest BCUT2D eigenvalue weighted by Gasteiger charge is 2.35. The van der Waals surface area contributed by atoms with Crippen molar-refractivity contribution in [3.8, 4) is 0 Å². The third kappa shape index (κ3) is 3.26. The minimum absolute atomic E-state index is 0.0747. The van der Waals surface area contributed by atoms with Crippen molar-refractivity contribution in [2.75, 3.05) is 0 Å². The second kappa shape index (κ2) is 5.01. The maximum absolute atomic E-state index is 11.0. The topological polar surface area (TPSA) is 35.5 Å². The van der Waals surface area contributed by atoms with Crippen molar-refractivity contribution < 1.29 is 14.3 Å². The van der Waals surface area contributed by atoms with Gasteiger partial charge in [0, 0.05) is 6.42 Å². The summed E-state index contributed by atoms with van der Waals surface area (Å²) in [7, 11) is 0. The van der Waals surface area contributed by atoms with E-state index in [0.29, 0.717) is 12.4 Å². The van der Waals surface area contributed by atoms with Gasteiger partial charge < -0.3 is 9.47 Å². The van der Waals surface area contributed by atoms with Crippen LogP contribution in [0.4, 0.5) is 0 Å². The minimum atomic E-state index is -0.445. The number of rotatable bonds is 5. The molecule has 0 bridgehead atoms.